The van der Waals surface area contributed by atoms with Crippen molar-refractivity contribution in [3.8, 4) is 45.9 Å². The van der Waals surface area contributed by atoms with E-state index in [2.05, 4.69) is 82.6 Å². The SMILES string of the molecule is CC1CN(C(=O)C(C(C)C)n2nnc3c2C(=O)C2=CCc4nccc-3c42)C1.Cc1cnc2c3c1-c1nnn(C(CC#N)C4CCCC4)c1CC3=CC2.N#CC1CN(C(=O)n2nnc3c2C(=O)C2=CCc4nccc-3c42)C1. The third-order valence-corrected chi connectivity index (χ3v) is 16.6. The number of Topliss-reactive ketones (excluding diaryl/α,β-unsaturated/α-hetero) is 2. The van der Waals surface area contributed by atoms with Crippen LogP contribution in [0.1, 0.15) is 131 Å². The van der Waals surface area contributed by atoms with Gasteiger partial charge in [0.15, 0.2) is 0 Å². The van der Waals surface area contributed by atoms with Crippen LogP contribution in [0.25, 0.3) is 50.5 Å². The number of likely N-dealkylation sites (tertiary alicyclic amines) is 2. The summed E-state index contributed by atoms with van der Waals surface area (Å²) in [7, 11) is 0. The van der Waals surface area contributed by atoms with Crippen LogP contribution in [0.15, 0.2) is 49.0 Å². The molecule has 1 saturated carbocycles. The average molecular weight is 1010 g/mol. The Morgan fingerprint density at radius 2 is 1.33 bits per heavy atom. The molecule has 2 saturated heterocycles. The van der Waals surface area contributed by atoms with Crippen LogP contribution in [-0.2, 0) is 30.5 Å². The molecule has 0 radical (unpaired) electrons. The summed E-state index contributed by atoms with van der Waals surface area (Å²) in [6.07, 6.45) is 19.9. The molecule has 0 N–H and O–H groups in total. The number of nitrogens with zero attached hydrogens (tertiary/aromatic N) is 16. The van der Waals surface area contributed by atoms with Gasteiger partial charge in [0.05, 0.1) is 53.3 Å². The Labute approximate surface area is 436 Å². The van der Waals surface area contributed by atoms with Crippen LogP contribution in [0.3, 0.4) is 0 Å². The zero-order valence-corrected chi connectivity index (χ0v) is 42.6. The Kier molecular flexibility index (Phi) is 11.2. The second-order valence-corrected chi connectivity index (χ2v) is 21.7. The van der Waals surface area contributed by atoms with Crippen molar-refractivity contribution in [3.05, 3.63) is 105 Å². The highest BCUT2D eigenvalue weighted by Crippen LogP contribution is 2.48. The van der Waals surface area contributed by atoms with Crippen LogP contribution in [0.5, 0.6) is 0 Å². The Hall–Kier alpha value is -8.65. The van der Waals surface area contributed by atoms with Gasteiger partial charge in [0, 0.05) is 115 Å². The molecule has 6 aromatic rings. The normalized spacial score (nSPS) is 18.6. The van der Waals surface area contributed by atoms with E-state index in [9.17, 15) is 24.4 Å². The first-order valence-electron chi connectivity index (χ1n) is 26.3. The molecule has 0 aromatic carbocycles. The van der Waals surface area contributed by atoms with Crippen LogP contribution >= 0.6 is 0 Å². The number of carbonyl (C=O) groups is 4. The first-order valence-corrected chi connectivity index (χ1v) is 26.3. The van der Waals surface area contributed by atoms with Gasteiger partial charge in [-0.3, -0.25) is 29.3 Å². The largest absolute Gasteiger partial charge is 0.346 e. The number of carbonyl (C=O) groups excluding carboxylic acids is 4. The molecule has 3 fully saturated rings. The van der Waals surface area contributed by atoms with Gasteiger partial charge in [-0.15, -0.1) is 15.3 Å². The fourth-order valence-corrected chi connectivity index (χ4v) is 12.8. The van der Waals surface area contributed by atoms with Crippen molar-refractivity contribution in [1.29, 1.82) is 10.5 Å². The quantitative estimate of drug-likeness (QED) is 0.166. The Morgan fingerprint density at radius 1 is 0.724 bits per heavy atom. The summed E-state index contributed by atoms with van der Waals surface area (Å²) in [5.41, 5.74) is 16.3. The summed E-state index contributed by atoms with van der Waals surface area (Å²) in [5.74, 6) is 0.581. The number of rotatable bonds is 6. The highest BCUT2D eigenvalue weighted by molar-refractivity contribution is 6.35. The minimum atomic E-state index is -0.525. The molecule has 2 unspecified atom stereocenters. The lowest BCUT2D eigenvalue weighted by molar-refractivity contribution is -0.142. The molecule has 9 aliphatic rings. The molecular formula is C56H52N16O4. The molecular weight excluding hydrogens is 961 g/mol. The number of amides is 2. The smallest absolute Gasteiger partial charge is 0.340 e. The van der Waals surface area contributed by atoms with Crippen LogP contribution in [-0.4, -0.2) is 119 Å². The Bertz CT molecular complexity index is 3710. The summed E-state index contributed by atoms with van der Waals surface area (Å²) in [4.78, 5) is 68.5. The van der Waals surface area contributed by atoms with Gasteiger partial charge in [-0.2, -0.15) is 15.2 Å². The van der Waals surface area contributed by atoms with Crippen LogP contribution in [0.2, 0.25) is 0 Å². The zero-order valence-electron chi connectivity index (χ0n) is 42.6. The summed E-state index contributed by atoms with van der Waals surface area (Å²) >= 11 is 0. The molecule has 76 heavy (non-hydrogen) atoms. The number of allylic oxidation sites excluding steroid dienone is 6. The number of aromatic nitrogens is 12. The highest BCUT2D eigenvalue weighted by Gasteiger charge is 2.44. The van der Waals surface area contributed by atoms with E-state index in [1.165, 1.54) is 58.7 Å². The van der Waals surface area contributed by atoms with E-state index in [1.54, 1.807) is 23.1 Å². The predicted octanol–water partition coefficient (Wildman–Crippen LogP) is 6.84. The van der Waals surface area contributed by atoms with Crippen LogP contribution < -0.4 is 0 Å². The summed E-state index contributed by atoms with van der Waals surface area (Å²) in [5, 5.41) is 44.0. The third-order valence-electron chi connectivity index (χ3n) is 16.6. The number of aryl methyl sites for hydroxylation is 1. The molecule has 0 bridgehead atoms. The van der Waals surface area contributed by atoms with E-state index in [4.69, 9.17) is 5.26 Å². The molecule has 7 aliphatic carbocycles. The molecule has 6 aromatic heterocycles. The second-order valence-electron chi connectivity index (χ2n) is 21.7. The van der Waals surface area contributed by atoms with E-state index in [-0.39, 0.29) is 41.0 Å². The standard InChI is InChI=1S/C20H21N5O2.C20H21N5.C16H10N6O2/c1-10(2)17(20(27)24-8-11(3)9-24)25-18-16(22-23-25)12-6-7-21-14-5-4-13(15(12)14)19(18)26;1-12-11-22-15-7-6-14-10-17-20(18(12)19(14)15)23-24-25(17)16(8-9-21)13-4-2-3-5-13;17-5-8-6-21(7-8)16(24)22-14-13(19-20-22)9-3-4-18-11-2-1-10(12(9)11)15(14)23/h4,6-7,10-11,17H,5,8-9H2,1-3H3;6,11,13,16H,2-5,7-8,10H2,1H3;1,3-4,8H,2,6-7H2. The molecule has 2 amide bonds. The van der Waals surface area contributed by atoms with E-state index >= 15 is 0 Å². The van der Waals surface area contributed by atoms with Crippen molar-refractivity contribution in [3.63, 3.8) is 0 Å². The minimum Gasteiger partial charge on any atom is -0.340 e. The van der Waals surface area contributed by atoms with E-state index in [0.29, 0.717) is 72.4 Å². The third kappa shape index (κ3) is 7.16. The second kappa shape index (κ2) is 18.0. The average Bonchev–Trinajstić information content (AvgIpc) is 4.27. The minimum absolute atomic E-state index is 0.000961. The number of hydrogen-bond donors (Lipinski definition) is 0. The molecule has 20 heteroatoms. The maximum absolute atomic E-state index is 13.3. The monoisotopic (exact) mass is 1010 g/mol. The number of hydrogen-bond acceptors (Lipinski definition) is 15. The van der Waals surface area contributed by atoms with Crippen molar-refractivity contribution in [2.24, 2.45) is 23.7 Å². The van der Waals surface area contributed by atoms with Crippen molar-refractivity contribution < 1.29 is 19.2 Å². The molecule has 380 valence electrons. The maximum atomic E-state index is 13.3. The molecule has 2 atom stereocenters. The van der Waals surface area contributed by atoms with Crippen molar-refractivity contribution in [1.82, 2.24) is 69.7 Å². The summed E-state index contributed by atoms with van der Waals surface area (Å²) < 4.78 is 4.72. The topological polar surface area (TPSA) is 253 Å². The zero-order chi connectivity index (χ0) is 52.3. The molecule has 2 aliphatic heterocycles. The number of fused-ring (bicyclic) bond motifs is 6. The lowest BCUT2D eigenvalue weighted by atomic mass is 9.87. The van der Waals surface area contributed by atoms with Gasteiger partial charge in [-0.05, 0) is 60.8 Å². The maximum Gasteiger partial charge on any atom is 0.346 e. The van der Waals surface area contributed by atoms with Gasteiger partial charge in [-0.25, -0.2) is 14.2 Å². The van der Waals surface area contributed by atoms with Crippen LogP contribution in [0.4, 0.5) is 4.79 Å². The Balaban J connectivity index is 0.000000109. The molecule has 15 rings (SSSR count). The van der Waals surface area contributed by atoms with Crippen LogP contribution in [0, 0.1) is 53.3 Å². The molecule has 8 heterocycles. The number of nitriles is 2. The lowest BCUT2D eigenvalue weighted by Crippen LogP contribution is -2.52. The highest BCUT2D eigenvalue weighted by atomic mass is 16.2. The Morgan fingerprint density at radius 3 is 1.97 bits per heavy atom. The van der Waals surface area contributed by atoms with Crippen molar-refractivity contribution in [2.75, 3.05) is 26.2 Å². The molecule has 20 nitrogen and oxygen atoms in total. The predicted molar refractivity (Wildman–Crippen MR) is 274 cm³/mol. The summed E-state index contributed by atoms with van der Waals surface area (Å²) in [6.45, 7) is 10.4. The van der Waals surface area contributed by atoms with E-state index in [1.807, 2.05) is 43.2 Å². The fourth-order valence-electron chi connectivity index (χ4n) is 12.8. The number of ketones is 2. The molecule has 0 spiro atoms. The van der Waals surface area contributed by atoms with Gasteiger partial charge >= 0.3 is 6.03 Å². The first kappa shape index (κ1) is 47.1. The van der Waals surface area contributed by atoms with Gasteiger partial charge in [0.25, 0.3) is 0 Å². The van der Waals surface area contributed by atoms with Gasteiger partial charge < -0.3 is 9.80 Å². The first-order chi connectivity index (χ1) is 36.9. The van der Waals surface area contributed by atoms with Crippen molar-refractivity contribution in [2.45, 2.75) is 97.6 Å². The van der Waals surface area contributed by atoms with E-state index < -0.39 is 12.1 Å². The van der Waals surface area contributed by atoms with Gasteiger partial charge in [0.2, 0.25) is 17.5 Å². The van der Waals surface area contributed by atoms with Gasteiger partial charge in [-0.1, -0.05) is 67.5 Å². The van der Waals surface area contributed by atoms with E-state index in [0.717, 1.165) is 75.5 Å². The van der Waals surface area contributed by atoms with Crippen molar-refractivity contribution >= 4 is 40.2 Å². The summed E-state index contributed by atoms with van der Waals surface area (Å²) in [6, 6.07) is 7.40. The van der Waals surface area contributed by atoms with Gasteiger partial charge in [0.1, 0.15) is 34.5 Å². The fraction of sp³-hybridized carbons (Fsp3) is 0.411. The number of pyridine rings is 3. The lowest BCUT2D eigenvalue weighted by Gasteiger charge is -2.40.